The molecule has 0 spiro atoms. The van der Waals surface area contributed by atoms with Gasteiger partial charge in [-0.15, -0.1) is 0 Å². The second kappa shape index (κ2) is 4.92. The molecular weight excluding hydrogens is 246 g/mol. The molecule has 0 aliphatic carbocycles. The maximum absolute atomic E-state index is 9.94. The minimum atomic E-state index is -1.15. The summed E-state index contributed by atoms with van der Waals surface area (Å²) < 4.78 is 0. The number of aromatic nitrogens is 4. The van der Waals surface area contributed by atoms with Crippen molar-refractivity contribution in [1.29, 1.82) is 0 Å². The van der Waals surface area contributed by atoms with Crippen LogP contribution in [0, 0.1) is 0 Å². The number of nitrogens with one attached hydrogen (secondary N) is 1. The van der Waals surface area contributed by atoms with Crippen LogP contribution in [0.1, 0.15) is 18.2 Å². The smallest absolute Gasteiger partial charge is 0.185 e. The molecule has 5 N–H and O–H groups in total. The van der Waals surface area contributed by atoms with E-state index in [1.165, 1.54) is 6.33 Å². The van der Waals surface area contributed by atoms with Gasteiger partial charge in [0.15, 0.2) is 5.65 Å². The third-order valence-corrected chi connectivity index (χ3v) is 2.74. The van der Waals surface area contributed by atoms with Gasteiger partial charge in [0.1, 0.15) is 17.6 Å². The first-order chi connectivity index (χ1) is 8.15. The summed E-state index contributed by atoms with van der Waals surface area (Å²) in [5.41, 5.74) is 5.96. The maximum Gasteiger partial charge on any atom is 0.185 e. The molecule has 7 nitrogen and oxygen atoms in total. The molecule has 92 valence electrons. The number of aromatic amines is 1. The van der Waals surface area contributed by atoms with E-state index in [4.69, 9.17) is 17.3 Å². The molecule has 2 aromatic heterocycles. The van der Waals surface area contributed by atoms with Crippen LogP contribution in [0.5, 0.6) is 0 Å². The van der Waals surface area contributed by atoms with Crippen LogP contribution < -0.4 is 5.73 Å². The van der Waals surface area contributed by atoms with Crippen molar-refractivity contribution in [3.05, 3.63) is 17.2 Å². The first kappa shape index (κ1) is 12.2. The standard InChI is InChI=1S/C9H12ClN5O2/c10-8-5-6(7(17)4(16)1-2-11)14-15-9(5)13-3-12-8/h3-4,7,16-17H,1-2,11H2,(H,12,13,14,15). The average Bonchev–Trinajstić information content (AvgIpc) is 2.73. The van der Waals surface area contributed by atoms with Crippen molar-refractivity contribution in [2.75, 3.05) is 6.54 Å². The Morgan fingerprint density at radius 2 is 2.18 bits per heavy atom. The third kappa shape index (κ3) is 2.22. The number of halogens is 1. The van der Waals surface area contributed by atoms with Crippen molar-refractivity contribution in [1.82, 2.24) is 20.2 Å². The summed E-state index contributed by atoms with van der Waals surface area (Å²) in [5, 5.41) is 26.7. The lowest BCUT2D eigenvalue weighted by Gasteiger charge is -2.15. The quantitative estimate of drug-likeness (QED) is 0.561. The van der Waals surface area contributed by atoms with Crippen molar-refractivity contribution in [2.45, 2.75) is 18.6 Å². The predicted molar refractivity (Wildman–Crippen MR) is 61.3 cm³/mol. The Bertz CT molecular complexity index is 517. The highest BCUT2D eigenvalue weighted by atomic mass is 35.5. The van der Waals surface area contributed by atoms with E-state index in [1.807, 2.05) is 0 Å². The normalized spacial score (nSPS) is 15.1. The Hall–Kier alpha value is -1.28. The van der Waals surface area contributed by atoms with Crippen LogP contribution in [-0.4, -0.2) is 43.0 Å². The summed E-state index contributed by atoms with van der Waals surface area (Å²) in [4.78, 5) is 7.70. The van der Waals surface area contributed by atoms with Gasteiger partial charge in [0.25, 0.3) is 0 Å². The number of H-pyrrole nitrogens is 1. The van der Waals surface area contributed by atoms with Gasteiger partial charge in [-0.2, -0.15) is 5.10 Å². The average molecular weight is 258 g/mol. The van der Waals surface area contributed by atoms with Crippen molar-refractivity contribution in [3.8, 4) is 0 Å². The molecule has 0 radical (unpaired) electrons. The Labute approximate surface area is 102 Å². The van der Waals surface area contributed by atoms with Gasteiger partial charge >= 0.3 is 0 Å². The van der Waals surface area contributed by atoms with E-state index in [2.05, 4.69) is 20.2 Å². The fourth-order valence-corrected chi connectivity index (χ4v) is 1.81. The number of hydrogen-bond acceptors (Lipinski definition) is 6. The number of nitrogens with two attached hydrogens (primary N) is 1. The molecule has 0 amide bonds. The van der Waals surface area contributed by atoms with Crippen LogP contribution in [0.3, 0.4) is 0 Å². The lowest BCUT2D eigenvalue weighted by Crippen LogP contribution is -2.22. The second-order valence-corrected chi connectivity index (χ2v) is 3.95. The SMILES string of the molecule is NCCC(O)C(O)c1[nH]nc2ncnc(Cl)c12. The summed E-state index contributed by atoms with van der Waals surface area (Å²) >= 11 is 5.90. The minimum absolute atomic E-state index is 0.178. The Morgan fingerprint density at radius 3 is 2.88 bits per heavy atom. The fourth-order valence-electron chi connectivity index (χ4n) is 1.58. The van der Waals surface area contributed by atoms with E-state index in [0.717, 1.165) is 0 Å². The van der Waals surface area contributed by atoms with Gasteiger partial charge in [-0.3, -0.25) is 5.10 Å². The zero-order valence-corrected chi connectivity index (χ0v) is 9.59. The van der Waals surface area contributed by atoms with Crippen molar-refractivity contribution >= 4 is 22.6 Å². The van der Waals surface area contributed by atoms with E-state index in [1.54, 1.807) is 0 Å². The monoisotopic (exact) mass is 257 g/mol. The molecule has 0 saturated carbocycles. The Balaban J connectivity index is 2.42. The molecule has 0 saturated heterocycles. The predicted octanol–water partition coefficient (Wildman–Crippen LogP) is -0.251. The van der Waals surface area contributed by atoms with Crippen LogP contribution in [0.25, 0.3) is 11.0 Å². The van der Waals surface area contributed by atoms with Gasteiger partial charge in [0.05, 0.1) is 17.2 Å². The van der Waals surface area contributed by atoms with Crippen LogP contribution >= 0.6 is 11.6 Å². The van der Waals surface area contributed by atoms with E-state index < -0.39 is 12.2 Å². The molecule has 2 atom stereocenters. The zero-order chi connectivity index (χ0) is 12.4. The molecule has 2 heterocycles. The van der Waals surface area contributed by atoms with E-state index in [9.17, 15) is 10.2 Å². The van der Waals surface area contributed by atoms with Crippen LogP contribution in [0.2, 0.25) is 5.15 Å². The first-order valence-corrected chi connectivity index (χ1v) is 5.43. The van der Waals surface area contributed by atoms with E-state index >= 15 is 0 Å². The summed E-state index contributed by atoms with van der Waals surface area (Å²) in [6.07, 6.45) is -0.586. The van der Waals surface area contributed by atoms with Gasteiger partial charge in [-0.25, -0.2) is 9.97 Å². The molecule has 17 heavy (non-hydrogen) atoms. The Morgan fingerprint density at radius 1 is 1.41 bits per heavy atom. The molecule has 0 aliphatic heterocycles. The summed E-state index contributed by atoms with van der Waals surface area (Å²) in [6.45, 7) is 0.272. The largest absolute Gasteiger partial charge is 0.390 e. The number of aliphatic hydroxyl groups excluding tert-OH is 2. The Kier molecular flexibility index (Phi) is 3.53. The number of hydrogen-bond donors (Lipinski definition) is 4. The van der Waals surface area contributed by atoms with Crippen molar-refractivity contribution < 1.29 is 10.2 Å². The summed E-state index contributed by atoms with van der Waals surface area (Å²) in [7, 11) is 0. The van der Waals surface area contributed by atoms with Crippen LogP contribution in [0.15, 0.2) is 6.33 Å². The molecule has 2 rings (SSSR count). The molecule has 0 aliphatic rings. The van der Waals surface area contributed by atoms with Crippen molar-refractivity contribution in [3.63, 3.8) is 0 Å². The third-order valence-electron chi connectivity index (χ3n) is 2.46. The van der Waals surface area contributed by atoms with Gasteiger partial charge in [-0.1, -0.05) is 11.6 Å². The molecule has 0 bridgehead atoms. The molecule has 0 fully saturated rings. The maximum atomic E-state index is 9.94. The topological polar surface area (TPSA) is 121 Å². The highest BCUT2D eigenvalue weighted by Gasteiger charge is 2.24. The molecular formula is C9H12ClN5O2. The second-order valence-electron chi connectivity index (χ2n) is 3.59. The summed E-state index contributed by atoms with van der Waals surface area (Å²) in [5.74, 6) is 0. The van der Waals surface area contributed by atoms with E-state index in [-0.39, 0.29) is 18.1 Å². The van der Waals surface area contributed by atoms with Gasteiger partial charge < -0.3 is 15.9 Å². The fraction of sp³-hybridized carbons (Fsp3) is 0.444. The highest BCUT2D eigenvalue weighted by Crippen LogP contribution is 2.27. The van der Waals surface area contributed by atoms with Crippen molar-refractivity contribution in [2.24, 2.45) is 5.73 Å². The number of aliphatic hydroxyl groups is 2. The van der Waals surface area contributed by atoms with Gasteiger partial charge in [-0.05, 0) is 13.0 Å². The van der Waals surface area contributed by atoms with Gasteiger partial charge in [0.2, 0.25) is 0 Å². The molecule has 2 aromatic rings. The molecule has 2 unspecified atom stereocenters. The van der Waals surface area contributed by atoms with Gasteiger partial charge in [0, 0.05) is 0 Å². The van der Waals surface area contributed by atoms with Crippen LogP contribution in [-0.2, 0) is 0 Å². The molecule has 0 aromatic carbocycles. The number of nitrogens with zero attached hydrogens (tertiary/aromatic N) is 3. The van der Waals surface area contributed by atoms with Crippen LogP contribution in [0.4, 0.5) is 0 Å². The zero-order valence-electron chi connectivity index (χ0n) is 8.84. The highest BCUT2D eigenvalue weighted by molar-refractivity contribution is 6.34. The summed E-state index contributed by atoms with van der Waals surface area (Å²) in [6, 6.07) is 0. The number of fused-ring (bicyclic) bond motifs is 1. The lowest BCUT2D eigenvalue weighted by molar-refractivity contribution is 0.0133. The minimum Gasteiger partial charge on any atom is -0.390 e. The van der Waals surface area contributed by atoms with E-state index in [0.29, 0.717) is 16.7 Å². The lowest BCUT2D eigenvalue weighted by atomic mass is 10.1. The first-order valence-electron chi connectivity index (χ1n) is 5.05. The number of rotatable bonds is 4. The molecule has 8 heteroatoms.